The Morgan fingerprint density at radius 1 is 1.03 bits per heavy atom. The van der Waals surface area contributed by atoms with Gasteiger partial charge >= 0.3 is 5.97 Å². The van der Waals surface area contributed by atoms with Crippen molar-refractivity contribution < 1.29 is 23.8 Å². The van der Waals surface area contributed by atoms with Gasteiger partial charge in [0.2, 0.25) is 5.78 Å². The summed E-state index contributed by atoms with van der Waals surface area (Å²) in [5, 5.41) is 0.568. The van der Waals surface area contributed by atoms with E-state index in [2.05, 4.69) is 0 Å². The SMILES string of the molecule is COc1ccc(CC(=O)Oc2ccc3c(c2)O/C(=C\c2cccc(Cl)c2)C3=O)cc1. The summed E-state index contributed by atoms with van der Waals surface area (Å²) < 4.78 is 16.2. The van der Waals surface area contributed by atoms with Crippen LogP contribution in [0.25, 0.3) is 6.08 Å². The van der Waals surface area contributed by atoms with Crippen molar-refractivity contribution in [1.82, 2.24) is 0 Å². The normalized spacial score (nSPS) is 13.7. The number of halogens is 1. The summed E-state index contributed by atoms with van der Waals surface area (Å²) in [4.78, 5) is 24.8. The molecule has 30 heavy (non-hydrogen) atoms. The lowest BCUT2D eigenvalue weighted by atomic mass is 10.1. The largest absolute Gasteiger partial charge is 0.497 e. The summed E-state index contributed by atoms with van der Waals surface area (Å²) in [6.07, 6.45) is 1.74. The lowest BCUT2D eigenvalue weighted by Gasteiger charge is -2.06. The van der Waals surface area contributed by atoms with Crippen LogP contribution < -0.4 is 14.2 Å². The van der Waals surface area contributed by atoms with E-state index in [0.717, 1.165) is 11.1 Å². The Morgan fingerprint density at radius 2 is 1.80 bits per heavy atom. The zero-order valence-corrected chi connectivity index (χ0v) is 16.8. The van der Waals surface area contributed by atoms with Crippen molar-refractivity contribution in [2.45, 2.75) is 6.42 Å². The number of hydrogen-bond donors (Lipinski definition) is 0. The molecule has 0 saturated carbocycles. The minimum absolute atomic E-state index is 0.112. The Balaban J connectivity index is 1.46. The molecule has 0 N–H and O–H groups in total. The van der Waals surface area contributed by atoms with E-state index in [4.69, 9.17) is 25.8 Å². The summed E-state index contributed by atoms with van der Waals surface area (Å²) in [5.74, 6) is 0.912. The monoisotopic (exact) mass is 420 g/mol. The molecule has 0 amide bonds. The van der Waals surface area contributed by atoms with Crippen molar-refractivity contribution in [1.29, 1.82) is 0 Å². The predicted molar refractivity (Wildman–Crippen MR) is 113 cm³/mol. The summed E-state index contributed by atoms with van der Waals surface area (Å²) in [6, 6.07) is 19.0. The number of carbonyl (C=O) groups excluding carboxylic acids is 2. The highest BCUT2D eigenvalue weighted by Gasteiger charge is 2.28. The number of allylic oxidation sites excluding steroid dienone is 1. The quantitative estimate of drug-likeness (QED) is 0.326. The molecule has 6 heteroatoms. The first-order valence-electron chi connectivity index (χ1n) is 9.19. The minimum Gasteiger partial charge on any atom is -0.497 e. The third-order valence-corrected chi connectivity index (χ3v) is 4.76. The summed E-state index contributed by atoms with van der Waals surface area (Å²) in [7, 11) is 1.58. The molecule has 0 fully saturated rings. The predicted octanol–water partition coefficient (Wildman–Crippen LogP) is 5.11. The Hall–Kier alpha value is -3.57. The fourth-order valence-electron chi connectivity index (χ4n) is 3.06. The van der Waals surface area contributed by atoms with E-state index in [1.165, 1.54) is 6.07 Å². The molecule has 4 rings (SSSR count). The molecule has 3 aromatic carbocycles. The van der Waals surface area contributed by atoms with E-state index >= 15 is 0 Å². The second kappa shape index (κ2) is 8.43. The molecule has 0 radical (unpaired) electrons. The van der Waals surface area contributed by atoms with Crippen molar-refractivity contribution in [3.8, 4) is 17.2 Å². The molecular formula is C24H17ClO5. The summed E-state index contributed by atoms with van der Waals surface area (Å²) in [5.41, 5.74) is 1.98. The Kier molecular flexibility index (Phi) is 5.55. The van der Waals surface area contributed by atoms with Crippen LogP contribution in [0.3, 0.4) is 0 Å². The zero-order valence-electron chi connectivity index (χ0n) is 16.1. The fraction of sp³-hybridized carbons (Fsp3) is 0.0833. The molecule has 3 aromatic rings. The third kappa shape index (κ3) is 4.36. The molecule has 0 unspecified atom stereocenters. The molecule has 0 saturated heterocycles. The number of carbonyl (C=O) groups is 2. The maximum absolute atomic E-state index is 12.6. The Labute approximate surface area is 178 Å². The zero-order chi connectivity index (χ0) is 21.1. The van der Waals surface area contributed by atoms with Gasteiger partial charge in [-0.25, -0.2) is 0 Å². The number of methoxy groups -OCH3 is 1. The maximum atomic E-state index is 12.6. The number of esters is 1. The van der Waals surface area contributed by atoms with Crippen LogP contribution in [-0.2, 0) is 11.2 Å². The number of Topliss-reactive ketones (excluding diaryl/α,β-unsaturated/α-hetero) is 1. The first kappa shape index (κ1) is 19.7. The molecule has 1 aliphatic rings. The number of hydrogen-bond acceptors (Lipinski definition) is 5. The van der Waals surface area contributed by atoms with Gasteiger partial charge in [-0.05, 0) is 53.6 Å². The van der Waals surface area contributed by atoms with Crippen LogP contribution in [0.1, 0.15) is 21.5 Å². The van der Waals surface area contributed by atoms with E-state index in [0.29, 0.717) is 27.8 Å². The summed E-state index contributed by atoms with van der Waals surface area (Å²) in [6.45, 7) is 0. The molecule has 0 aromatic heterocycles. The van der Waals surface area contributed by atoms with Gasteiger partial charge in [-0.1, -0.05) is 35.9 Å². The highest BCUT2D eigenvalue weighted by molar-refractivity contribution is 6.30. The molecule has 0 aliphatic carbocycles. The molecular weight excluding hydrogens is 404 g/mol. The van der Waals surface area contributed by atoms with Crippen LogP contribution in [0.2, 0.25) is 5.02 Å². The lowest BCUT2D eigenvalue weighted by Crippen LogP contribution is -2.11. The van der Waals surface area contributed by atoms with E-state index < -0.39 is 5.97 Å². The van der Waals surface area contributed by atoms with Crippen LogP contribution >= 0.6 is 11.6 Å². The standard InChI is InChI=1S/C24H17ClO5/c1-28-18-7-5-15(6-8-18)13-23(26)29-19-9-10-20-21(14-19)30-22(24(20)27)12-16-3-2-4-17(25)11-16/h2-12,14H,13H2,1H3/b22-12-. The van der Waals surface area contributed by atoms with Gasteiger partial charge in [0.15, 0.2) is 5.76 Å². The molecule has 1 aliphatic heterocycles. The second-order valence-corrected chi connectivity index (χ2v) is 7.09. The highest BCUT2D eigenvalue weighted by atomic mass is 35.5. The Bertz CT molecular complexity index is 1150. The molecule has 1 heterocycles. The summed E-state index contributed by atoms with van der Waals surface area (Å²) >= 11 is 5.99. The fourth-order valence-corrected chi connectivity index (χ4v) is 3.25. The first-order chi connectivity index (χ1) is 14.5. The lowest BCUT2D eigenvalue weighted by molar-refractivity contribution is -0.133. The number of rotatable bonds is 5. The molecule has 0 spiro atoms. The molecule has 150 valence electrons. The Morgan fingerprint density at radius 3 is 2.53 bits per heavy atom. The number of fused-ring (bicyclic) bond motifs is 1. The molecule has 0 bridgehead atoms. The van der Waals surface area contributed by atoms with Gasteiger partial charge in [0.25, 0.3) is 0 Å². The van der Waals surface area contributed by atoms with E-state index in [-0.39, 0.29) is 18.0 Å². The van der Waals surface area contributed by atoms with E-state index in [9.17, 15) is 9.59 Å². The molecule has 0 atom stereocenters. The number of ether oxygens (including phenoxy) is 3. The van der Waals surface area contributed by atoms with Gasteiger partial charge < -0.3 is 14.2 Å². The second-order valence-electron chi connectivity index (χ2n) is 6.65. The maximum Gasteiger partial charge on any atom is 0.315 e. The van der Waals surface area contributed by atoms with E-state index in [1.54, 1.807) is 67.8 Å². The molecule has 5 nitrogen and oxygen atoms in total. The van der Waals surface area contributed by atoms with Crippen LogP contribution in [0.4, 0.5) is 0 Å². The van der Waals surface area contributed by atoms with Crippen LogP contribution in [0.15, 0.2) is 72.5 Å². The van der Waals surface area contributed by atoms with Gasteiger partial charge in [0.1, 0.15) is 17.2 Å². The van der Waals surface area contributed by atoms with Crippen molar-refractivity contribution in [3.63, 3.8) is 0 Å². The smallest absolute Gasteiger partial charge is 0.315 e. The third-order valence-electron chi connectivity index (χ3n) is 4.53. The minimum atomic E-state index is -0.417. The van der Waals surface area contributed by atoms with Crippen LogP contribution in [0.5, 0.6) is 17.2 Å². The van der Waals surface area contributed by atoms with Gasteiger partial charge in [-0.3, -0.25) is 9.59 Å². The van der Waals surface area contributed by atoms with Gasteiger partial charge in [0.05, 0.1) is 19.1 Å². The van der Waals surface area contributed by atoms with Crippen LogP contribution in [-0.4, -0.2) is 18.9 Å². The average molecular weight is 421 g/mol. The number of benzene rings is 3. The number of ketones is 1. The van der Waals surface area contributed by atoms with Crippen molar-refractivity contribution in [2.75, 3.05) is 7.11 Å². The first-order valence-corrected chi connectivity index (χ1v) is 9.57. The highest BCUT2D eigenvalue weighted by Crippen LogP contribution is 2.35. The van der Waals surface area contributed by atoms with E-state index in [1.807, 2.05) is 6.07 Å². The van der Waals surface area contributed by atoms with Crippen molar-refractivity contribution >= 4 is 29.4 Å². The van der Waals surface area contributed by atoms with Crippen molar-refractivity contribution in [3.05, 3.63) is 94.2 Å². The van der Waals surface area contributed by atoms with Gasteiger partial charge in [-0.2, -0.15) is 0 Å². The average Bonchev–Trinajstić information content (AvgIpc) is 3.03. The van der Waals surface area contributed by atoms with Gasteiger partial charge in [-0.15, -0.1) is 0 Å². The van der Waals surface area contributed by atoms with Crippen LogP contribution in [0, 0.1) is 0 Å². The van der Waals surface area contributed by atoms with Gasteiger partial charge in [0, 0.05) is 11.1 Å². The van der Waals surface area contributed by atoms with Crippen molar-refractivity contribution in [2.24, 2.45) is 0 Å². The topological polar surface area (TPSA) is 61.8 Å².